The molecule has 1 heterocycles. The average molecular weight is 352 g/mol. The van der Waals surface area contributed by atoms with Gasteiger partial charge in [-0.05, 0) is 60.5 Å². The molecule has 1 amide bonds. The third-order valence-electron chi connectivity index (χ3n) is 4.13. The molecule has 1 aliphatic heterocycles. The fraction of sp³-hybridized carbons (Fsp3) is 0.200. The number of fused-ring (bicyclic) bond motifs is 1. The Kier molecular flexibility index (Phi) is 5.46. The highest BCUT2D eigenvalue weighted by Crippen LogP contribution is 2.26. The maximum absolute atomic E-state index is 12.2. The monoisotopic (exact) mass is 352 g/mol. The number of benzene rings is 2. The number of methoxy groups -OCH3 is 1. The van der Waals surface area contributed by atoms with Crippen molar-refractivity contribution in [2.75, 3.05) is 18.6 Å². The fourth-order valence-corrected chi connectivity index (χ4v) is 3.14. The van der Waals surface area contributed by atoms with Crippen molar-refractivity contribution >= 4 is 35.0 Å². The van der Waals surface area contributed by atoms with Crippen LogP contribution < -0.4 is 15.0 Å². The summed E-state index contributed by atoms with van der Waals surface area (Å²) < 4.78 is 5.12. The summed E-state index contributed by atoms with van der Waals surface area (Å²) in [6.07, 6.45) is 5.31. The van der Waals surface area contributed by atoms with Crippen molar-refractivity contribution in [2.24, 2.45) is 0 Å². The van der Waals surface area contributed by atoms with E-state index in [1.54, 1.807) is 13.2 Å². The third-order valence-corrected chi connectivity index (χ3v) is 4.45. The first kappa shape index (κ1) is 17.2. The zero-order valence-electron chi connectivity index (χ0n) is 14.1. The predicted molar refractivity (Wildman–Crippen MR) is 105 cm³/mol. The van der Waals surface area contributed by atoms with Gasteiger partial charge in [-0.15, -0.1) is 0 Å². The molecular weight excluding hydrogens is 332 g/mol. The van der Waals surface area contributed by atoms with Crippen LogP contribution in [0.5, 0.6) is 5.75 Å². The second-order valence-corrected chi connectivity index (χ2v) is 6.17. The van der Waals surface area contributed by atoms with E-state index in [2.05, 4.69) is 11.4 Å². The molecule has 0 atom stereocenters. The number of amides is 1. The standard InChI is InChI=1S/C20H20N2O2S/c1-24-17-11-8-15(9-12-17)10-13-19(23)21-20(25)22-14-4-6-16-5-2-3-7-18(16)22/h2-3,5,7-13H,4,6,14H2,1H3,(H,21,23,25). The number of ether oxygens (including phenoxy) is 1. The lowest BCUT2D eigenvalue weighted by Gasteiger charge is -2.31. The summed E-state index contributed by atoms with van der Waals surface area (Å²) >= 11 is 5.43. The highest BCUT2D eigenvalue weighted by molar-refractivity contribution is 7.80. The van der Waals surface area contributed by atoms with E-state index in [1.165, 1.54) is 11.6 Å². The van der Waals surface area contributed by atoms with Crippen LogP contribution in [0.2, 0.25) is 0 Å². The molecule has 0 aromatic heterocycles. The van der Waals surface area contributed by atoms with Gasteiger partial charge in [0.25, 0.3) is 0 Å². The maximum Gasteiger partial charge on any atom is 0.250 e. The molecule has 1 aliphatic rings. The number of hydrogen-bond acceptors (Lipinski definition) is 3. The van der Waals surface area contributed by atoms with Crippen molar-refractivity contribution in [3.63, 3.8) is 0 Å². The number of nitrogens with one attached hydrogen (secondary N) is 1. The van der Waals surface area contributed by atoms with Gasteiger partial charge in [0.05, 0.1) is 7.11 Å². The molecule has 0 unspecified atom stereocenters. The van der Waals surface area contributed by atoms with Crippen LogP contribution in [-0.4, -0.2) is 24.7 Å². The smallest absolute Gasteiger partial charge is 0.250 e. The Balaban J connectivity index is 1.63. The van der Waals surface area contributed by atoms with Crippen LogP contribution in [0.25, 0.3) is 6.08 Å². The Bertz CT molecular complexity index is 800. The lowest BCUT2D eigenvalue weighted by molar-refractivity contribution is -0.115. The summed E-state index contributed by atoms with van der Waals surface area (Å²) in [4.78, 5) is 14.2. The molecule has 25 heavy (non-hydrogen) atoms. The average Bonchev–Trinajstić information content (AvgIpc) is 2.66. The van der Waals surface area contributed by atoms with Crippen molar-refractivity contribution in [1.82, 2.24) is 5.32 Å². The minimum atomic E-state index is -0.233. The topological polar surface area (TPSA) is 41.6 Å². The van der Waals surface area contributed by atoms with Crippen LogP contribution in [0.4, 0.5) is 5.69 Å². The number of carbonyl (C=O) groups is 1. The molecule has 0 radical (unpaired) electrons. The summed E-state index contributed by atoms with van der Waals surface area (Å²) in [6.45, 7) is 0.818. The van der Waals surface area contributed by atoms with Crippen molar-refractivity contribution in [3.05, 3.63) is 65.7 Å². The Morgan fingerprint density at radius 2 is 1.96 bits per heavy atom. The van der Waals surface area contributed by atoms with Gasteiger partial charge in [-0.1, -0.05) is 30.3 Å². The molecule has 4 nitrogen and oxygen atoms in total. The lowest BCUT2D eigenvalue weighted by Crippen LogP contribution is -2.44. The van der Waals surface area contributed by atoms with Gasteiger partial charge in [-0.3, -0.25) is 10.1 Å². The predicted octanol–water partition coefficient (Wildman–Crippen LogP) is 3.56. The highest BCUT2D eigenvalue weighted by Gasteiger charge is 2.20. The number of aryl methyl sites for hydroxylation is 1. The van der Waals surface area contributed by atoms with E-state index in [4.69, 9.17) is 17.0 Å². The van der Waals surface area contributed by atoms with Gasteiger partial charge in [0.15, 0.2) is 5.11 Å². The third kappa shape index (κ3) is 4.25. The van der Waals surface area contributed by atoms with E-state index >= 15 is 0 Å². The van der Waals surface area contributed by atoms with E-state index in [0.29, 0.717) is 5.11 Å². The van der Waals surface area contributed by atoms with Gasteiger partial charge in [0, 0.05) is 18.3 Å². The van der Waals surface area contributed by atoms with E-state index in [1.807, 2.05) is 47.4 Å². The number of anilines is 1. The normalized spacial score (nSPS) is 13.4. The highest BCUT2D eigenvalue weighted by atomic mass is 32.1. The van der Waals surface area contributed by atoms with Crippen LogP contribution in [0.3, 0.4) is 0 Å². The van der Waals surface area contributed by atoms with Gasteiger partial charge in [0.2, 0.25) is 5.91 Å². The molecule has 0 saturated carbocycles. The Labute approximate surface area is 153 Å². The van der Waals surface area contributed by atoms with Gasteiger partial charge < -0.3 is 9.64 Å². The van der Waals surface area contributed by atoms with E-state index < -0.39 is 0 Å². The second kappa shape index (κ2) is 7.94. The summed E-state index contributed by atoms with van der Waals surface area (Å²) in [6, 6.07) is 15.7. The Morgan fingerprint density at radius 3 is 2.72 bits per heavy atom. The van der Waals surface area contributed by atoms with Gasteiger partial charge in [-0.25, -0.2) is 0 Å². The number of rotatable bonds is 3. The Hall–Kier alpha value is -2.66. The number of hydrogen-bond donors (Lipinski definition) is 1. The van der Waals surface area contributed by atoms with E-state index in [9.17, 15) is 4.79 Å². The number of thiocarbonyl (C=S) groups is 1. The molecular formula is C20H20N2O2S. The first-order valence-electron chi connectivity index (χ1n) is 8.20. The van der Waals surface area contributed by atoms with Crippen LogP contribution in [0, 0.1) is 0 Å². The molecule has 0 fully saturated rings. The van der Waals surface area contributed by atoms with E-state index in [-0.39, 0.29) is 5.91 Å². The van der Waals surface area contributed by atoms with Gasteiger partial charge in [-0.2, -0.15) is 0 Å². The number of nitrogens with zero attached hydrogens (tertiary/aromatic N) is 1. The molecule has 128 valence electrons. The summed E-state index contributed by atoms with van der Waals surface area (Å²) in [5.41, 5.74) is 3.27. The molecule has 0 aliphatic carbocycles. The zero-order chi connectivity index (χ0) is 17.6. The molecule has 5 heteroatoms. The van der Waals surface area contributed by atoms with Gasteiger partial charge in [0.1, 0.15) is 5.75 Å². The van der Waals surface area contributed by atoms with Crippen LogP contribution >= 0.6 is 12.2 Å². The van der Waals surface area contributed by atoms with Crippen molar-refractivity contribution < 1.29 is 9.53 Å². The van der Waals surface area contributed by atoms with Crippen LogP contribution in [0.1, 0.15) is 17.5 Å². The quantitative estimate of drug-likeness (QED) is 0.677. The molecule has 0 saturated heterocycles. The minimum absolute atomic E-state index is 0.233. The molecule has 2 aromatic rings. The lowest BCUT2D eigenvalue weighted by atomic mass is 10.0. The van der Waals surface area contributed by atoms with Gasteiger partial charge >= 0.3 is 0 Å². The fourth-order valence-electron chi connectivity index (χ4n) is 2.85. The Morgan fingerprint density at radius 1 is 1.20 bits per heavy atom. The second-order valence-electron chi connectivity index (χ2n) is 5.78. The molecule has 0 bridgehead atoms. The molecule has 2 aromatic carbocycles. The molecule has 1 N–H and O–H groups in total. The first-order chi connectivity index (χ1) is 12.2. The van der Waals surface area contributed by atoms with Crippen molar-refractivity contribution in [3.8, 4) is 5.75 Å². The molecule has 0 spiro atoms. The SMILES string of the molecule is COc1ccc(C=CC(=O)NC(=S)N2CCCc3ccccc32)cc1. The van der Waals surface area contributed by atoms with Crippen LogP contribution in [-0.2, 0) is 11.2 Å². The van der Waals surface area contributed by atoms with Crippen molar-refractivity contribution in [1.29, 1.82) is 0 Å². The maximum atomic E-state index is 12.2. The largest absolute Gasteiger partial charge is 0.497 e. The van der Waals surface area contributed by atoms with Crippen LogP contribution in [0.15, 0.2) is 54.6 Å². The zero-order valence-corrected chi connectivity index (χ0v) is 14.9. The van der Waals surface area contributed by atoms with Crippen molar-refractivity contribution in [2.45, 2.75) is 12.8 Å². The number of para-hydroxylation sites is 1. The molecule has 3 rings (SSSR count). The summed E-state index contributed by atoms with van der Waals surface area (Å²) in [5, 5.41) is 3.23. The number of carbonyl (C=O) groups excluding carboxylic acids is 1. The minimum Gasteiger partial charge on any atom is -0.497 e. The van der Waals surface area contributed by atoms with E-state index in [0.717, 1.165) is 36.4 Å². The first-order valence-corrected chi connectivity index (χ1v) is 8.61. The summed E-state index contributed by atoms with van der Waals surface area (Å²) in [7, 11) is 1.62. The summed E-state index contributed by atoms with van der Waals surface area (Å²) in [5.74, 6) is 0.551.